The van der Waals surface area contributed by atoms with Gasteiger partial charge in [-0.15, -0.1) is 11.6 Å². The van der Waals surface area contributed by atoms with Crippen LogP contribution in [0.2, 0.25) is 5.15 Å². The van der Waals surface area contributed by atoms with E-state index in [1.165, 1.54) is 5.56 Å². The lowest BCUT2D eigenvalue weighted by Crippen LogP contribution is -1.92. The van der Waals surface area contributed by atoms with Gasteiger partial charge < -0.3 is 0 Å². The standard InChI is InChI=1S/C12H11Cl2N/c1-8-2-3-9-7-10(4-5-13)12(14)15-11(9)6-8/h2-3,6-7H,4-5H2,1H3. The molecule has 0 N–H and O–H groups in total. The molecular weight excluding hydrogens is 229 g/mol. The molecule has 0 radical (unpaired) electrons. The highest BCUT2D eigenvalue weighted by Gasteiger charge is 2.04. The van der Waals surface area contributed by atoms with Gasteiger partial charge in [-0.2, -0.15) is 0 Å². The van der Waals surface area contributed by atoms with Crippen molar-refractivity contribution in [2.24, 2.45) is 0 Å². The van der Waals surface area contributed by atoms with Gasteiger partial charge in [0.05, 0.1) is 5.52 Å². The molecular formula is C12H11Cl2N. The Morgan fingerprint density at radius 1 is 1.27 bits per heavy atom. The summed E-state index contributed by atoms with van der Waals surface area (Å²) in [5.41, 5.74) is 3.15. The Morgan fingerprint density at radius 2 is 2.07 bits per heavy atom. The van der Waals surface area contributed by atoms with Crippen LogP contribution in [-0.4, -0.2) is 10.9 Å². The van der Waals surface area contributed by atoms with Gasteiger partial charge in [-0.25, -0.2) is 4.98 Å². The van der Waals surface area contributed by atoms with Crippen molar-refractivity contribution in [2.75, 3.05) is 5.88 Å². The summed E-state index contributed by atoms with van der Waals surface area (Å²) >= 11 is 11.8. The number of fused-ring (bicyclic) bond motifs is 1. The van der Waals surface area contributed by atoms with E-state index in [1.807, 2.05) is 13.0 Å². The molecule has 0 aliphatic carbocycles. The molecule has 1 aromatic heterocycles. The minimum atomic E-state index is 0.564. The summed E-state index contributed by atoms with van der Waals surface area (Å²) in [6.45, 7) is 2.04. The van der Waals surface area contributed by atoms with Gasteiger partial charge in [-0.3, -0.25) is 0 Å². The Labute approximate surface area is 99.0 Å². The topological polar surface area (TPSA) is 12.9 Å². The van der Waals surface area contributed by atoms with Crippen LogP contribution in [0.15, 0.2) is 24.3 Å². The fraction of sp³-hybridized carbons (Fsp3) is 0.250. The molecule has 0 spiro atoms. The molecule has 2 aromatic rings. The van der Waals surface area contributed by atoms with E-state index in [0.717, 1.165) is 22.9 Å². The second-order valence-corrected chi connectivity index (χ2v) is 4.31. The van der Waals surface area contributed by atoms with E-state index in [1.54, 1.807) is 0 Å². The lowest BCUT2D eigenvalue weighted by Gasteiger charge is -2.04. The third-order valence-electron chi connectivity index (χ3n) is 2.36. The zero-order valence-corrected chi connectivity index (χ0v) is 9.94. The summed E-state index contributed by atoms with van der Waals surface area (Å²) in [4.78, 5) is 4.36. The van der Waals surface area contributed by atoms with E-state index >= 15 is 0 Å². The number of aromatic nitrogens is 1. The number of pyridine rings is 1. The fourth-order valence-corrected chi connectivity index (χ4v) is 2.02. The molecule has 0 bridgehead atoms. The summed E-state index contributed by atoms with van der Waals surface area (Å²) in [7, 11) is 0. The quantitative estimate of drug-likeness (QED) is 0.571. The largest absolute Gasteiger partial charge is 0.236 e. The second-order valence-electron chi connectivity index (χ2n) is 3.57. The molecule has 1 aromatic carbocycles. The Hall–Kier alpha value is -0.790. The number of aryl methyl sites for hydroxylation is 2. The SMILES string of the molecule is Cc1ccc2cc(CCCl)c(Cl)nc2c1. The molecule has 0 aliphatic rings. The zero-order valence-electron chi connectivity index (χ0n) is 8.43. The van der Waals surface area contributed by atoms with Crippen molar-refractivity contribution in [3.8, 4) is 0 Å². The van der Waals surface area contributed by atoms with Crippen LogP contribution in [0.4, 0.5) is 0 Å². The van der Waals surface area contributed by atoms with Crippen LogP contribution >= 0.6 is 23.2 Å². The highest BCUT2D eigenvalue weighted by atomic mass is 35.5. The summed E-state index contributed by atoms with van der Waals surface area (Å²) in [6.07, 6.45) is 0.761. The molecule has 0 saturated heterocycles. The predicted molar refractivity (Wildman–Crippen MR) is 65.9 cm³/mol. The molecule has 15 heavy (non-hydrogen) atoms. The third-order valence-corrected chi connectivity index (χ3v) is 2.88. The van der Waals surface area contributed by atoms with E-state index in [0.29, 0.717) is 11.0 Å². The molecule has 0 unspecified atom stereocenters. The van der Waals surface area contributed by atoms with Crippen molar-refractivity contribution >= 4 is 34.1 Å². The number of alkyl halides is 1. The maximum atomic E-state index is 6.06. The predicted octanol–water partition coefficient (Wildman–Crippen LogP) is 3.98. The maximum absolute atomic E-state index is 6.06. The lowest BCUT2D eigenvalue weighted by molar-refractivity contribution is 1.13. The van der Waals surface area contributed by atoms with E-state index < -0.39 is 0 Å². The average molecular weight is 240 g/mol. The Kier molecular flexibility index (Phi) is 3.13. The monoisotopic (exact) mass is 239 g/mol. The molecule has 0 fully saturated rings. The molecule has 1 nitrogen and oxygen atoms in total. The molecule has 0 saturated carbocycles. The highest BCUT2D eigenvalue weighted by Crippen LogP contribution is 2.22. The van der Waals surface area contributed by atoms with Gasteiger partial charge in [0.2, 0.25) is 0 Å². The minimum Gasteiger partial charge on any atom is -0.236 e. The van der Waals surface area contributed by atoms with Crippen LogP contribution in [0.25, 0.3) is 10.9 Å². The van der Waals surface area contributed by atoms with Crippen LogP contribution in [0, 0.1) is 6.92 Å². The van der Waals surface area contributed by atoms with Crippen molar-refractivity contribution in [3.05, 3.63) is 40.5 Å². The van der Waals surface area contributed by atoms with E-state index in [9.17, 15) is 0 Å². The van der Waals surface area contributed by atoms with E-state index in [-0.39, 0.29) is 0 Å². The first-order valence-electron chi connectivity index (χ1n) is 4.82. The van der Waals surface area contributed by atoms with Crippen molar-refractivity contribution in [3.63, 3.8) is 0 Å². The number of halogens is 2. The maximum Gasteiger partial charge on any atom is 0.133 e. The third kappa shape index (κ3) is 2.24. The molecule has 1 heterocycles. The van der Waals surface area contributed by atoms with Crippen LogP contribution in [0.3, 0.4) is 0 Å². The normalized spacial score (nSPS) is 10.9. The van der Waals surface area contributed by atoms with E-state index in [4.69, 9.17) is 23.2 Å². The van der Waals surface area contributed by atoms with Crippen molar-refractivity contribution in [1.29, 1.82) is 0 Å². The van der Waals surface area contributed by atoms with Crippen LogP contribution in [0.1, 0.15) is 11.1 Å². The minimum absolute atomic E-state index is 0.564. The van der Waals surface area contributed by atoms with Gasteiger partial charge in [0.25, 0.3) is 0 Å². The smallest absolute Gasteiger partial charge is 0.133 e. The lowest BCUT2D eigenvalue weighted by atomic mass is 10.1. The van der Waals surface area contributed by atoms with Gasteiger partial charge >= 0.3 is 0 Å². The number of rotatable bonds is 2. The Bertz CT molecular complexity index is 494. The fourth-order valence-electron chi connectivity index (χ4n) is 1.57. The number of nitrogens with zero attached hydrogens (tertiary/aromatic N) is 1. The molecule has 2 rings (SSSR count). The van der Waals surface area contributed by atoms with E-state index in [2.05, 4.69) is 23.2 Å². The first kappa shape index (κ1) is 10.7. The summed E-state index contributed by atoms with van der Waals surface area (Å²) in [5.74, 6) is 0.568. The number of hydrogen-bond donors (Lipinski definition) is 0. The number of hydrogen-bond acceptors (Lipinski definition) is 1. The van der Waals surface area contributed by atoms with Crippen molar-refractivity contribution < 1.29 is 0 Å². The first-order valence-corrected chi connectivity index (χ1v) is 5.73. The molecule has 0 aliphatic heterocycles. The van der Waals surface area contributed by atoms with Crippen LogP contribution in [0.5, 0.6) is 0 Å². The summed E-state index contributed by atoms with van der Waals surface area (Å²) < 4.78 is 0. The Morgan fingerprint density at radius 3 is 2.80 bits per heavy atom. The van der Waals surface area contributed by atoms with Gasteiger partial charge in [0.1, 0.15) is 5.15 Å². The van der Waals surface area contributed by atoms with Gasteiger partial charge in [-0.1, -0.05) is 23.7 Å². The average Bonchev–Trinajstić information content (AvgIpc) is 2.20. The Balaban J connectivity index is 2.60. The van der Waals surface area contributed by atoms with Gasteiger partial charge in [0, 0.05) is 11.3 Å². The number of benzene rings is 1. The second kappa shape index (κ2) is 4.38. The molecule has 0 atom stereocenters. The zero-order chi connectivity index (χ0) is 10.8. The summed E-state index contributed by atoms with van der Waals surface area (Å²) in [6, 6.07) is 8.23. The van der Waals surface area contributed by atoms with Crippen molar-refractivity contribution in [2.45, 2.75) is 13.3 Å². The summed E-state index contributed by atoms with van der Waals surface area (Å²) in [5, 5.41) is 1.68. The molecule has 0 amide bonds. The molecule has 3 heteroatoms. The molecule has 78 valence electrons. The van der Waals surface area contributed by atoms with Crippen molar-refractivity contribution in [1.82, 2.24) is 4.98 Å². The first-order chi connectivity index (χ1) is 7.20. The van der Waals surface area contributed by atoms with Gasteiger partial charge in [-0.05, 0) is 36.6 Å². The highest BCUT2D eigenvalue weighted by molar-refractivity contribution is 6.30. The van der Waals surface area contributed by atoms with Crippen LogP contribution < -0.4 is 0 Å². The van der Waals surface area contributed by atoms with Crippen LogP contribution in [-0.2, 0) is 6.42 Å². The van der Waals surface area contributed by atoms with Gasteiger partial charge in [0.15, 0.2) is 0 Å².